The van der Waals surface area contributed by atoms with Gasteiger partial charge in [-0.2, -0.15) is 10.3 Å². The molecule has 0 fully saturated rings. The van der Waals surface area contributed by atoms with Crippen molar-refractivity contribution >= 4 is 0 Å². The van der Waals surface area contributed by atoms with Crippen LogP contribution in [-0.4, -0.2) is 30.8 Å². The molecule has 0 aliphatic heterocycles. The van der Waals surface area contributed by atoms with E-state index >= 15 is 0 Å². The molecule has 0 spiro atoms. The standard InChI is InChI=1S/C14H13FN6/c15-10-3-1-2-8(6-10)9-4-5-12-11(7-9)13(17-16-12)14-18-20-21-19-14/h1-3,6,9H,4-5,7H2,(H,16,17)(H,18,19,20,21). The third-order valence-electron chi connectivity index (χ3n) is 4.02. The Hall–Kier alpha value is -2.57. The Labute approximate surface area is 119 Å². The molecule has 0 saturated heterocycles. The minimum atomic E-state index is -0.191. The molecule has 3 aromatic rings. The lowest BCUT2D eigenvalue weighted by molar-refractivity contribution is 0.569. The van der Waals surface area contributed by atoms with Crippen LogP contribution in [0.3, 0.4) is 0 Å². The molecule has 2 N–H and O–H groups in total. The van der Waals surface area contributed by atoms with Gasteiger partial charge in [-0.25, -0.2) is 4.39 Å². The van der Waals surface area contributed by atoms with Crippen molar-refractivity contribution in [3.05, 3.63) is 46.9 Å². The van der Waals surface area contributed by atoms with E-state index in [-0.39, 0.29) is 11.7 Å². The summed E-state index contributed by atoms with van der Waals surface area (Å²) >= 11 is 0. The highest BCUT2D eigenvalue weighted by Crippen LogP contribution is 2.35. The van der Waals surface area contributed by atoms with Crippen LogP contribution >= 0.6 is 0 Å². The summed E-state index contributed by atoms with van der Waals surface area (Å²) in [5.74, 6) is 0.590. The van der Waals surface area contributed by atoms with Crippen molar-refractivity contribution in [1.29, 1.82) is 0 Å². The molecule has 2 heterocycles. The highest BCUT2D eigenvalue weighted by molar-refractivity contribution is 5.56. The maximum atomic E-state index is 13.4. The minimum absolute atomic E-state index is 0.191. The molecule has 0 amide bonds. The van der Waals surface area contributed by atoms with Crippen molar-refractivity contribution in [2.24, 2.45) is 0 Å². The van der Waals surface area contributed by atoms with Gasteiger partial charge in [-0.1, -0.05) is 12.1 Å². The molecule has 1 atom stereocenters. The molecule has 1 aliphatic carbocycles. The van der Waals surface area contributed by atoms with E-state index in [1.807, 2.05) is 6.07 Å². The Kier molecular flexibility index (Phi) is 2.77. The van der Waals surface area contributed by atoms with E-state index in [2.05, 4.69) is 30.8 Å². The molecule has 1 aromatic carbocycles. The van der Waals surface area contributed by atoms with Gasteiger partial charge in [0.05, 0.1) is 0 Å². The van der Waals surface area contributed by atoms with Crippen molar-refractivity contribution in [3.63, 3.8) is 0 Å². The highest BCUT2D eigenvalue weighted by atomic mass is 19.1. The second-order valence-corrected chi connectivity index (χ2v) is 5.26. The molecule has 7 heteroatoms. The van der Waals surface area contributed by atoms with E-state index in [1.165, 1.54) is 6.07 Å². The number of nitrogens with zero attached hydrogens (tertiary/aromatic N) is 4. The van der Waals surface area contributed by atoms with Gasteiger partial charge in [0.2, 0.25) is 5.82 Å². The van der Waals surface area contributed by atoms with Gasteiger partial charge in [-0.15, -0.1) is 10.2 Å². The predicted octanol–water partition coefficient (Wildman–Crippen LogP) is 2.00. The average molecular weight is 284 g/mol. The first kappa shape index (κ1) is 12.2. The smallest absolute Gasteiger partial charge is 0.225 e. The van der Waals surface area contributed by atoms with E-state index in [0.717, 1.165) is 41.8 Å². The van der Waals surface area contributed by atoms with E-state index < -0.39 is 0 Å². The van der Waals surface area contributed by atoms with Crippen LogP contribution in [0.5, 0.6) is 0 Å². The van der Waals surface area contributed by atoms with E-state index in [9.17, 15) is 4.39 Å². The summed E-state index contributed by atoms with van der Waals surface area (Å²) in [7, 11) is 0. The van der Waals surface area contributed by atoms with Crippen LogP contribution in [0.15, 0.2) is 24.3 Å². The first-order chi connectivity index (χ1) is 10.3. The summed E-state index contributed by atoms with van der Waals surface area (Å²) in [6.45, 7) is 0. The van der Waals surface area contributed by atoms with Gasteiger partial charge in [0.1, 0.15) is 11.5 Å². The molecular weight excluding hydrogens is 271 g/mol. The number of hydrogen-bond donors (Lipinski definition) is 2. The molecule has 0 saturated carbocycles. The fourth-order valence-electron chi connectivity index (χ4n) is 2.99. The zero-order chi connectivity index (χ0) is 14.2. The van der Waals surface area contributed by atoms with Crippen molar-refractivity contribution in [2.75, 3.05) is 0 Å². The highest BCUT2D eigenvalue weighted by Gasteiger charge is 2.26. The normalized spacial score (nSPS) is 17.7. The molecule has 0 bridgehead atoms. The van der Waals surface area contributed by atoms with Crippen LogP contribution < -0.4 is 0 Å². The van der Waals surface area contributed by atoms with Gasteiger partial charge in [0.25, 0.3) is 0 Å². The van der Waals surface area contributed by atoms with Gasteiger partial charge >= 0.3 is 0 Å². The Morgan fingerprint density at radius 2 is 2.19 bits per heavy atom. The fraction of sp³-hybridized carbons (Fsp3) is 0.286. The van der Waals surface area contributed by atoms with Gasteiger partial charge in [-0.05, 0) is 48.1 Å². The molecule has 6 nitrogen and oxygen atoms in total. The Morgan fingerprint density at radius 1 is 1.24 bits per heavy atom. The van der Waals surface area contributed by atoms with E-state index in [0.29, 0.717) is 5.82 Å². The van der Waals surface area contributed by atoms with Crippen LogP contribution in [0.2, 0.25) is 0 Å². The summed E-state index contributed by atoms with van der Waals surface area (Å²) in [6, 6.07) is 6.83. The minimum Gasteiger partial charge on any atom is -0.282 e. The Balaban J connectivity index is 1.69. The lowest BCUT2D eigenvalue weighted by atomic mass is 9.82. The molecule has 4 rings (SSSR count). The number of hydrogen-bond acceptors (Lipinski definition) is 4. The van der Waals surface area contributed by atoms with Crippen molar-refractivity contribution in [1.82, 2.24) is 30.8 Å². The third kappa shape index (κ3) is 2.10. The molecular formula is C14H13FN6. The van der Waals surface area contributed by atoms with Crippen LogP contribution in [-0.2, 0) is 12.8 Å². The van der Waals surface area contributed by atoms with E-state index in [4.69, 9.17) is 0 Å². The van der Waals surface area contributed by atoms with Crippen molar-refractivity contribution < 1.29 is 4.39 Å². The quantitative estimate of drug-likeness (QED) is 0.754. The van der Waals surface area contributed by atoms with Crippen LogP contribution in [0, 0.1) is 5.82 Å². The number of aryl methyl sites for hydroxylation is 1. The number of tetrazole rings is 1. The number of nitrogens with one attached hydrogen (secondary N) is 2. The molecule has 21 heavy (non-hydrogen) atoms. The van der Waals surface area contributed by atoms with Crippen molar-refractivity contribution in [2.45, 2.75) is 25.2 Å². The summed E-state index contributed by atoms with van der Waals surface area (Å²) in [6.07, 6.45) is 2.67. The maximum Gasteiger partial charge on any atom is 0.225 e. The molecule has 2 aromatic heterocycles. The number of benzene rings is 1. The monoisotopic (exact) mass is 284 g/mol. The number of aromatic amines is 2. The molecule has 1 unspecified atom stereocenters. The lowest BCUT2D eigenvalue weighted by Gasteiger charge is -2.22. The fourth-order valence-corrected chi connectivity index (χ4v) is 2.99. The Bertz CT molecular complexity index is 764. The largest absolute Gasteiger partial charge is 0.282 e. The zero-order valence-corrected chi connectivity index (χ0v) is 11.2. The summed E-state index contributed by atoms with van der Waals surface area (Å²) in [4.78, 5) is 0. The maximum absolute atomic E-state index is 13.4. The van der Waals surface area contributed by atoms with Crippen LogP contribution in [0.4, 0.5) is 4.39 Å². The summed E-state index contributed by atoms with van der Waals surface area (Å²) < 4.78 is 13.4. The number of rotatable bonds is 2. The summed E-state index contributed by atoms with van der Waals surface area (Å²) in [5, 5.41) is 21.3. The number of H-pyrrole nitrogens is 2. The predicted molar refractivity (Wildman–Crippen MR) is 72.9 cm³/mol. The van der Waals surface area contributed by atoms with Gasteiger partial charge in [0, 0.05) is 11.3 Å². The van der Waals surface area contributed by atoms with Crippen molar-refractivity contribution in [3.8, 4) is 11.5 Å². The second kappa shape index (κ2) is 4.76. The summed E-state index contributed by atoms with van der Waals surface area (Å²) in [5.41, 5.74) is 3.99. The topological polar surface area (TPSA) is 83.1 Å². The number of aromatic nitrogens is 6. The number of fused-ring (bicyclic) bond motifs is 1. The molecule has 0 radical (unpaired) electrons. The third-order valence-corrected chi connectivity index (χ3v) is 4.02. The number of halogens is 1. The van der Waals surface area contributed by atoms with Crippen LogP contribution in [0.1, 0.15) is 29.2 Å². The lowest BCUT2D eigenvalue weighted by Crippen LogP contribution is -2.12. The SMILES string of the molecule is Fc1cccc(C2CCc3[nH]nc(-c4nn[nH]n4)c3C2)c1. The zero-order valence-electron chi connectivity index (χ0n) is 11.2. The van der Waals surface area contributed by atoms with Gasteiger partial charge < -0.3 is 0 Å². The second-order valence-electron chi connectivity index (χ2n) is 5.26. The van der Waals surface area contributed by atoms with E-state index in [1.54, 1.807) is 12.1 Å². The molecule has 106 valence electrons. The van der Waals surface area contributed by atoms with Gasteiger partial charge in [0.15, 0.2) is 0 Å². The van der Waals surface area contributed by atoms with Gasteiger partial charge in [-0.3, -0.25) is 5.10 Å². The average Bonchev–Trinajstić information content (AvgIpc) is 3.15. The van der Waals surface area contributed by atoms with Crippen LogP contribution in [0.25, 0.3) is 11.5 Å². The first-order valence-electron chi connectivity index (χ1n) is 6.86. The first-order valence-corrected chi connectivity index (χ1v) is 6.86. The Morgan fingerprint density at radius 3 is 3.00 bits per heavy atom. The molecule has 1 aliphatic rings.